The number of hydrogen-bond acceptors (Lipinski definition) is 13. The van der Waals surface area contributed by atoms with Gasteiger partial charge in [0, 0.05) is 44.3 Å². The Balaban J connectivity index is 0.000000470. The molecule has 0 atom stereocenters. The number of nitrogens with two attached hydrogens (primary N) is 1. The lowest BCUT2D eigenvalue weighted by Crippen LogP contribution is -2.44. The van der Waals surface area contributed by atoms with Crippen LogP contribution in [-0.4, -0.2) is 63.5 Å². The van der Waals surface area contributed by atoms with Crippen LogP contribution in [0.3, 0.4) is 0 Å². The summed E-state index contributed by atoms with van der Waals surface area (Å²) in [5.41, 5.74) is 7.30. The molecule has 13 nitrogen and oxygen atoms in total. The highest BCUT2D eigenvalue weighted by Crippen LogP contribution is 2.06. The number of aliphatic hydroxyl groups excluding tert-OH is 1. The van der Waals surface area contributed by atoms with E-state index in [1.165, 1.54) is 12.4 Å². The van der Waals surface area contributed by atoms with Gasteiger partial charge in [-0.2, -0.15) is 10.5 Å². The van der Waals surface area contributed by atoms with Gasteiger partial charge in [-0.1, -0.05) is 0 Å². The zero-order valence-electron chi connectivity index (χ0n) is 22.1. The number of nitriles is 2. The first kappa shape index (κ1) is 34.7. The van der Waals surface area contributed by atoms with E-state index in [0.717, 1.165) is 22.7 Å². The second-order valence-corrected chi connectivity index (χ2v) is 7.94. The zero-order valence-corrected chi connectivity index (χ0v) is 23.7. The largest absolute Gasteiger partial charge is 0.453 e. The molecule has 3 aromatic rings. The molecule has 0 spiro atoms. The van der Waals surface area contributed by atoms with Crippen molar-refractivity contribution in [1.82, 2.24) is 29.9 Å². The van der Waals surface area contributed by atoms with E-state index in [-0.39, 0.29) is 33.0 Å². The van der Waals surface area contributed by atoms with Crippen molar-refractivity contribution in [2.45, 2.75) is 40.9 Å². The maximum Gasteiger partial charge on any atom is 0.426 e. The predicted octanol–water partition coefficient (Wildman–Crippen LogP) is 2.02. The highest BCUT2D eigenvalue weighted by Gasteiger charge is 2.31. The molecule has 17 heteroatoms. The minimum absolute atomic E-state index is 0.135. The summed E-state index contributed by atoms with van der Waals surface area (Å²) in [5, 5.41) is 23.5. The summed E-state index contributed by atoms with van der Waals surface area (Å²) < 4.78 is 16.1. The van der Waals surface area contributed by atoms with Crippen LogP contribution in [0.5, 0.6) is 0 Å². The second-order valence-electron chi connectivity index (χ2n) is 7.02. The van der Waals surface area contributed by atoms with Crippen molar-refractivity contribution in [3.05, 3.63) is 70.3 Å². The van der Waals surface area contributed by atoms with Crippen LogP contribution in [0.15, 0.2) is 41.7 Å². The first-order chi connectivity index (χ1) is 18.2. The van der Waals surface area contributed by atoms with Gasteiger partial charge in [0.15, 0.2) is 0 Å². The molecule has 1 aliphatic rings. The second kappa shape index (κ2) is 20.7. The molecule has 0 aliphatic carbocycles. The smallest absolute Gasteiger partial charge is 0.426 e. The molecule has 198 valence electrons. The Kier molecular flexibility index (Phi) is 18.9. The fourth-order valence-corrected chi connectivity index (χ4v) is 2.46. The molecule has 3 N–H and O–H groups in total. The average Bonchev–Trinajstić information content (AvgIpc) is 2.91. The lowest BCUT2D eigenvalue weighted by atomic mass is 9.74. The van der Waals surface area contributed by atoms with Gasteiger partial charge in [-0.05, 0) is 61.4 Å². The summed E-state index contributed by atoms with van der Waals surface area (Å²) in [7, 11) is 0.594. The highest BCUT2D eigenvalue weighted by molar-refractivity contribution is 9.10. The maximum atomic E-state index is 8.25. The summed E-state index contributed by atoms with van der Waals surface area (Å²) in [6.45, 7) is 9.81. The molecule has 1 saturated heterocycles. The SMILES string of the molecule is CB1OB(C)OB(C)O1.CO.Cc1cnc(C#N)nc1.Cc1cnc(CN)nc1.N#Cc1ncc(Br)cn1. The van der Waals surface area contributed by atoms with Crippen molar-refractivity contribution >= 4 is 37.3 Å². The van der Waals surface area contributed by atoms with Crippen LogP contribution in [0.25, 0.3) is 0 Å². The fraction of sp³-hybridized carbons (Fsp3) is 0.333. The molecule has 0 amide bonds. The van der Waals surface area contributed by atoms with Crippen LogP contribution in [0, 0.1) is 36.5 Å². The minimum atomic E-state index is -0.135. The lowest BCUT2D eigenvalue weighted by Gasteiger charge is -2.25. The Hall–Kier alpha value is -3.31. The van der Waals surface area contributed by atoms with E-state index in [0.29, 0.717) is 12.4 Å². The topological polar surface area (TPSA) is 199 Å². The van der Waals surface area contributed by atoms with Crippen molar-refractivity contribution in [2.75, 3.05) is 7.11 Å². The molecular formula is C21H29B3BrN9O4. The van der Waals surface area contributed by atoms with E-state index in [9.17, 15) is 0 Å². The van der Waals surface area contributed by atoms with E-state index >= 15 is 0 Å². The number of aromatic nitrogens is 6. The molecule has 0 unspecified atom stereocenters. The van der Waals surface area contributed by atoms with Crippen LogP contribution in [-0.2, 0) is 20.3 Å². The van der Waals surface area contributed by atoms with Gasteiger partial charge in [-0.3, -0.25) is 0 Å². The minimum Gasteiger partial charge on any atom is -0.453 e. The van der Waals surface area contributed by atoms with Gasteiger partial charge in [0.25, 0.3) is 0 Å². The first-order valence-corrected chi connectivity index (χ1v) is 11.9. The molecule has 3 aromatic heterocycles. The Labute approximate surface area is 232 Å². The number of halogens is 1. The van der Waals surface area contributed by atoms with Gasteiger partial charge in [0.05, 0.1) is 11.0 Å². The van der Waals surface area contributed by atoms with Crippen molar-refractivity contribution in [3.63, 3.8) is 0 Å². The van der Waals surface area contributed by atoms with Crippen molar-refractivity contribution in [2.24, 2.45) is 5.73 Å². The molecule has 0 aromatic carbocycles. The standard InChI is InChI=1S/C6H9N3.C6H5N3.C5H2BrN3.C3H9B3O3.CH4O/c2*1-5-3-8-6(2-7)9-4-5;6-4-2-8-5(1-7)9-3-4;1-4-7-5(2)9-6(3)8-4;1-2/h3-4H,2,7H2,1H3;3-4H,1H3;2-3H;1-3H3;2H,1H3. The van der Waals surface area contributed by atoms with Crippen LogP contribution >= 0.6 is 15.9 Å². The van der Waals surface area contributed by atoms with Crippen LogP contribution in [0.2, 0.25) is 20.5 Å². The van der Waals surface area contributed by atoms with Crippen molar-refractivity contribution < 1.29 is 18.8 Å². The summed E-state index contributed by atoms with van der Waals surface area (Å²) in [5.74, 6) is 1.11. The molecule has 38 heavy (non-hydrogen) atoms. The van der Waals surface area contributed by atoms with Gasteiger partial charge in [0.2, 0.25) is 11.6 Å². The third-order valence-corrected chi connectivity index (χ3v) is 4.18. The van der Waals surface area contributed by atoms with E-state index < -0.39 is 0 Å². The number of aryl methyl sites for hydroxylation is 2. The third-order valence-electron chi connectivity index (χ3n) is 3.77. The first-order valence-electron chi connectivity index (χ1n) is 11.1. The quantitative estimate of drug-likeness (QED) is 0.395. The predicted molar refractivity (Wildman–Crippen MR) is 147 cm³/mol. The molecule has 0 saturated carbocycles. The van der Waals surface area contributed by atoms with Gasteiger partial charge in [-0.15, -0.1) is 0 Å². The summed E-state index contributed by atoms with van der Waals surface area (Å²) >= 11 is 3.14. The summed E-state index contributed by atoms with van der Waals surface area (Å²) in [6, 6.07) is 3.64. The summed E-state index contributed by atoms with van der Waals surface area (Å²) in [6.07, 6.45) is 9.82. The van der Waals surface area contributed by atoms with Gasteiger partial charge >= 0.3 is 21.4 Å². The normalized spacial score (nSPS) is 11.4. The molecule has 4 heterocycles. The third kappa shape index (κ3) is 16.4. The summed E-state index contributed by atoms with van der Waals surface area (Å²) in [4.78, 5) is 22.7. The van der Waals surface area contributed by atoms with E-state index in [1.807, 2.05) is 46.5 Å². The lowest BCUT2D eigenvalue weighted by molar-refractivity contribution is 0.294. The number of rotatable bonds is 1. The van der Waals surface area contributed by atoms with Crippen molar-refractivity contribution in [3.8, 4) is 12.1 Å². The molecular weight excluding hydrogens is 555 g/mol. The fourth-order valence-electron chi connectivity index (χ4n) is 2.25. The molecule has 4 rings (SSSR count). The van der Waals surface area contributed by atoms with E-state index in [4.69, 9.17) is 35.1 Å². The number of aliphatic hydroxyl groups is 1. The van der Waals surface area contributed by atoms with Gasteiger partial charge in [-0.25, -0.2) is 29.9 Å². The van der Waals surface area contributed by atoms with E-state index in [2.05, 4.69) is 45.8 Å². The number of nitrogens with zero attached hydrogens (tertiary/aromatic N) is 8. The Morgan fingerprint density at radius 3 is 1.37 bits per heavy atom. The molecule has 0 radical (unpaired) electrons. The molecule has 1 aliphatic heterocycles. The van der Waals surface area contributed by atoms with Gasteiger partial charge < -0.3 is 24.6 Å². The van der Waals surface area contributed by atoms with Crippen molar-refractivity contribution in [1.29, 1.82) is 10.5 Å². The maximum absolute atomic E-state index is 8.25. The Morgan fingerprint density at radius 2 is 1.05 bits per heavy atom. The molecule has 0 bridgehead atoms. The Bertz CT molecular complexity index is 1040. The van der Waals surface area contributed by atoms with E-state index in [1.54, 1.807) is 24.8 Å². The Morgan fingerprint density at radius 1 is 0.737 bits per heavy atom. The average molecular weight is 584 g/mol. The van der Waals surface area contributed by atoms with Gasteiger partial charge in [0.1, 0.15) is 18.0 Å². The number of hydrogen-bond donors (Lipinski definition) is 2. The van der Waals surface area contributed by atoms with Crippen LogP contribution in [0.1, 0.15) is 28.6 Å². The zero-order chi connectivity index (χ0) is 28.9. The van der Waals surface area contributed by atoms with Crippen LogP contribution in [0.4, 0.5) is 0 Å². The van der Waals surface area contributed by atoms with Crippen LogP contribution < -0.4 is 5.73 Å². The highest BCUT2D eigenvalue weighted by atomic mass is 79.9. The molecule has 1 fully saturated rings. The monoisotopic (exact) mass is 583 g/mol.